The molecule has 110 valence electrons. The van der Waals surface area contributed by atoms with E-state index >= 15 is 0 Å². The smallest absolute Gasteiger partial charge is 0.211 e. The number of hydrogen-bond donors (Lipinski definition) is 3. The van der Waals surface area contributed by atoms with Gasteiger partial charge in [-0.2, -0.15) is 0 Å². The topological polar surface area (TPSA) is 110 Å². The van der Waals surface area contributed by atoms with Gasteiger partial charge >= 0.3 is 0 Å². The fraction of sp³-hybridized carbons (Fsp3) is 0. The summed E-state index contributed by atoms with van der Waals surface area (Å²) in [6.45, 7) is 0. The Balaban J connectivity index is 0.00000220. The van der Waals surface area contributed by atoms with E-state index in [4.69, 9.17) is 11.5 Å². The lowest BCUT2D eigenvalue weighted by Crippen LogP contribution is -2.22. The lowest BCUT2D eigenvalue weighted by molar-refractivity contribution is 0.471. The van der Waals surface area contributed by atoms with Crippen LogP contribution in [-0.2, 0) is 0 Å². The van der Waals surface area contributed by atoms with E-state index in [1.54, 1.807) is 12.3 Å². The minimum Gasteiger partial charge on any atom is -0.506 e. The van der Waals surface area contributed by atoms with Crippen LogP contribution < -0.4 is 11.5 Å². The van der Waals surface area contributed by atoms with Crippen molar-refractivity contribution >= 4 is 40.0 Å². The van der Waals surface area contributed by atoms with Gasteiger partial charge in [0, 0.05) is 16.2 Å². The van der Waals surface area contributed by atoms with Gasteiger partial charge in [-0.3, -0.25) is 4.98 Å². The van der Waals surface area contributed by atoms with Crippen LogP contribution in [0.5, 0.6) is 5.75 Å². The van der Waals surface area contributed by atoms with Gasteiger partial charge < -0.3 is 16.6 Å². The zero-order chi connectivity index (χ0) is 14.5. The summed E-state index contributed by atoms with van der Waals surface area (Å²) in [6, 6.07) is 10.5. The van der Waals surface area contributed by atoms with Gasteiger partial charge in [0.15, 0.2) is 0 Å². The third-order valence-corrected chi connectivity index (χ3v) is 2.87. The minimum absolute atomic E-state index is 0. The molecule has 0 amide bonds. The van der Waals surface area contributed by atoms with Gasteiger partial charge in [0.2, 0.25) is 5.96 Å². The zero-order valence-corrected chi connectivity index (χ0v) is 13.2. The van der Waals surface area contributed by atoms with Crippen molar-refractivity contribution in [2.75, 3.05) is 0 Å². The van der Waals surface area contributed by atoms with Crippen LogP contribution in [-0.4, -0.2) is 21.8 Å². The van der Waals surface area contributed by atoms with Crippen molar-refractivity contribution < 1.29 is 5.11 Å². The number of hydrogen-bond acceptors (Lipinski definition) is 4. The predicted octanol–water partition coefficient (Wildman–Crippen LogP) is 2.00. The first kappa shape index (κ1) is 16.9. The second-order valence-electron chi connectivity index (χ2n) is 3.85. The molecule has 6 nitrogen and oxygen atoms in total. The molecule has 0 spiro atoms. The van der Waals surface area contributed by atoms with E-state index in [0.717, 1.165) is 10.0 Å². The normalized spacial score (nSPS) is 10.6. The van der Waals surface area contributed by atoms with Crippen molar-refractivity contribution in [2.45, 2.75) is 0 Å². The number of aromatic hydroxyl groups is 1. The Bertz CT molecular complexity index is 686. The Kier molecular flexibility index (Phi) is 6.13. The second kappa shape index (κ2) is 7.61. The molecule has 0 saturated heterocycles. The molecule has 8 heteroatoms. The van der Waals surface area contributed by atoms with Gasteiger partial charge in [-0.25, -0.2) is 0 Å². The Morgan fingerprint density at radius 2 is 1.90 bits per heavy atom. The molecule has 0 aliphatic carbocycles. The molecule has 0 bridgehead atoms. The van der Waals surface area contributed by atoms with Crippen molar-refractivity contribution in [1.82, 2.24) is 4.98 Å². The number of guanidine groups is 1. The highest BCUT2D eigenvalue weighted by Crippen LogP contribution is 2.20. The monoisotopic (exact) mass is 369 g/mol. The van der Waals surface area contributed by atoms with Crippen LogP contribution in [0.2, 0.25) is 0 Å². The van der Waals surface area contributed by atoms with E-state index in [0.29, 0.717) is 11.4 Å². The molecule has 0 fully saturated rings. The van der Waals surface area contributed by atoms with Crippen LogP contribution in [0.25, 0.3) is 0 Å². The first-order valence-electron chi connectivity index (χ1n) is 5.65. The first-order chi connectivity index (χ1) is 9.58. The molecular formula is C13H13BrClN5O. The van der Waals surface area contributed by atoms with E-state index in [1.807, 2.05) is 24.3 Å². The van der Waals surface area contributed by atoms with Crippen LogP contribution >= 0.6 is 28.3 Å². The van der Waals surface area contributed by atoms with E-state index in [1.165, 1.54) is 6.07 Å². The highest BCUT2D eigenvalue weighted by atomic mass is 79.9. The lowest BCUT2D eigenvalue weighted by atomic mass is 10.1. The standard InChI is InChI=1S/C13H12BrN5O.ClH/c14-9-4-1-3-8(7-9)11(18-19-13(15)16)12-10(20)5-2-6-17-12;/h1-7,20H,(H4,15,16,19);1H/b18-11+;. The largest absolute Gasteiger partial charge is 0.506 e. The fourth-order valence-corrected chi connectivity index (χ4v) is 1.96. The second-order valence-corrected chi connectivity index (χ2v) is 4.77. The highest BCUT2D eigenvalue weighted by molar-refractivity contribution is 9.10. The van der Waals surface area contributed by atoms with E-state index < -0.39 is 0 Å². The van der Waals surface area contributed by atoms with E-state index in [9.17, 15) is 5.11 Å². The van der Waals surface area contributed by atoms with Crippen LogP contribution in [0, 0.1) is 0 Å². The summed E-state index contributed by atoms with van der Waals surface area (Å²) in [5.41, 5.74) is 12.0. The van der Waals surface area contributed by atoms with Gasteiger partial charge in [-0.15, -0.1) is 22.6 Å². The number of halogens is 2. The maximum absolute atomic E-state index is 9.91. The molecule has 1 aromatic heterocycles. The maximum Gasteiger partial charge on any atom is 0.211 e. The maximum atomic E-state index is 9.91. The summed E-state index contributed by atoms with van der Waals surface area (Å²) in [6.07, 6.45) is 1.55. The quantitative estimate of drug-likeness (QED) is 0.436. The number of nitrogens with two attached hydrogens (primary N) is 2. The SMILES string of the molecule is Cl.NC(N)=N/N=C(\c1cccc(Br)c1)c1ncccc1O. The summed E-state index contributed by atoms with van der Waals surface area (Å²) in [5.74, 6) is -0.176. The summed E-state index contributed by atoms with van der Waals surface area (Å²) in [4.78, 5) is 4.12. The molecule has 2 rings (SSSR count). The van der Waals surface area contributed by atoms with Crippen molar-refractivity contribution in [1.29, 1.82) is 0 Å². The molecule has 0 saturated carbocycles. The minimum atomic E-state index is -0.173. The average molecular weight is 371 g/mol. The van der Waals surface area contributed by atoms with Crippen molar-refractivity contribution in [3.05, 3.63) is 58.3 Å². The molecule has 5 N–H and O–H groups in total. The Hall–Kier alpha value is -2.12. The van der Waals surface area contributed by atoms with Crippen molar-refractivity contribution in [2.24, 2.45) is 21.7 Å². The number of benzene rings is 1. The van der Waals surface area contributed by atoms with Gasteiger partial charge in [0.1, 0.15) is 17.2 Å². The van der Waals surface area contributed by atoms with Crippen LogP contribution in [0.15, 0.2) is 57.3 Å². The first-order valence-corrected chi connectivity index (χ1v) is 6.44. The average Bonchev–Trinajstić information content (AvgIpc) is 2.41. The number of nitrogens with zero attached hydrogens (tertiary/aromatic N) is 3. The van der Waals surface area contributed by atoms with E-state index in [-0.39, 0.29) is 24.1 Å². The molecule has 2 aromatic rings. The summed E-state index contributed by atoms with van der Waals surface area (Å²) < 4.78 is 0.864. The molecule has 0 atom stereocenters. The Morgan fingerprint density at radius 1 is 1.14 bits per heavy atom. The number of aromatic nitrogens is 1. The number of pyridine rings is 1. The summed E-state index contributed by atoms with van der Waals surface area (Å²) >= 11 is 3.38. The zero-order valence-electron chi connectivity index (χ0n) is 10.8. The molecule has 21 heavy (non-hydrogen) atoms. The molecule has 1 heterocycles. The van der Waals surface area contributed by atoms with Gasteiger partial charge in [0.25, 0.3) is 0 Å². The molecule has 1 aromatic carbocycles. The van der Waals surface area contributed by atoms with Crippen molar-refractivity contribution in [3.8, 4) is 5.75 Å². The molecule has 0 radical (unpaired) electrons. The summed E-state index contributed by atoms with van der Waals surface area (Å²) in [7, 11) is 0. The van der Waals surface area contributed by atoms with Crippen LogP contribution in [0.1, 0.15) is 11.3 Å². The Morgan fingerprint density at radius 3 is 2.52 bits per heavy atom. The number of rotatable bonds is 3. The molecule has 0 aliphatic rings. The molecule has 0 unspecified atom stereocenters. The Labute approximate surface area is 136 Å². The summed E-state index contributed by atoms with van der Waals surface area (Å²) in [5, 5.41) is 17.5. The third kappa shape index (κ3) is 4.44. The third-order valence-electron chi connectivity index (χ3n) is 2.37. The lowest BCUT2D eigenvalue weighted by Gasteiger charge is -2.07. The fourth-order valence-electron chi connectivity index (χ4n) is 1.56. The van der Waals surface area contributed by atoms with Crippen molar-refractivity contribution in [3.63, 3.8) is 0 Å². The van der Waals surface area contributed by atoms with Gasteiger partial charge in [-0.05, 0) is 24.3 Å². The van der Waals surface area contributed by atoms with Crippen LogP contribution in [0.3, 0.4) is 0 Å². The highest BCUT2D eigenvalue weighted by Gasteiger charge is 2.13. The van der Waals surface area contributed by atoms with Crippen LogP contribution in [0.4, 0.5) is 0 Å². The molecular weight excluding hydrogens is 358 g/mol. The predicted molar refractivity (Wildman–Crippen MR) is 88.7 cm³/mol. The van der Waals surface area contributed by atoms with Gasteiger partial charge in [0.05, 0.1) is 0 Å². The van der Waals surface area contributed by atoms with E-state index in [2.05, 4.69) is 31.1 Å². The van der Waals surface area contributed by atoms with Gasteiger partial charge in [-0.1, -0.05) is 28.1 Å². The molecule has 0 aliphatic heterocycles.